The van der Waals surface area contributed by atoms with Crippen LogP contribution >= 0.6 is 11.3 Å². The molecule has 8 nitrogen and oxygen atoms in total. The Labute approximate surface area is 174 Å². The Bertz CT molecular complexity index is 911. The summed E-state index contributed by atoms with van der Waals surface area (Å²) < 4.78 is 7.13. The Morgan fingerprint density at radius 1 is 1.24 bits per heavy atom. The van der Waals surface area contributed by atoms with Gasteiger partial charge in [-0.1, -0.05) is 11.2 Å². The molecule has 0 N–H and O–H groups in total. The fourth-order valence-corrected chi connectivity index (χ4v) is 4.20. The summed E-state index contributed by atoms with van der Waals surface area (Å²) in [5.74, 6) is 1.60. The number of aromatic nitrogens is 4. The van der Waals surface area contributed by atoms with Crippen molar-refractivity contribution < 1.29 is 9.32 Å². The number of amides is 1. The molecule has 0 spiro atoms. The third-order valence-electron chi connectivity index (χ3n) is 5.19. The Balaban J connectivity index is 1.14. The maximum atomic E-state index is 12.4. The Hall–Kier alpha value is -2.52. The van der Waals surface area contributed by atoms with Crippen molar-refractivity contribution in [3.8, 4) is 10.7 Å². The van der Waals surface area contributed by atoms with Crippen molar-refractivity contribution >= 4 is 17.2 Å². The fourth-order valence-electron chi connectivity index (χ4n) is 3.55. The number of aryl methyl sites for hydroxylation is 3. The normalized spacial score (nSPS) is 15.1. The third-order valence-corrected chi connectivity index (χ3v) is 6.05. The molecule has 1 amide bonds. The first-order chi connectivity index (χ1) is 14.2. The molecule has 4 rings (SSSR count). The molecule has 3 aromatic rings. The predicted molar refractivity (Wildman–Crippen MR) is 110 cm³/mol. The molecule has 1 fully saturated rings. The summed E-state index contributed by atoms with van der Waals surface area (Å²) >= 11 is 1.61. The Kier molecular flexibility index (Phi) is 6.36. The summed E-state index contributed by atoms with van der Waals surface area (Å²) in [6, 6.07) is 3.98. The maximum absolute atomic E-state index is 12.4. The van der Waals surface area contributed by atoms with E-state index >= 15 is 0 Å². The second kappa shape index (κ2) is 9.32. The van der Waals surface area contributed by atoms with Crippen molar-refractivity contribution in [3.05, 3.63) is 41.4 Å². The standard InChI is InChI=1S/C20H26N6O2S/c1-24-15-16(14-21-24)6-7-19(27)26-11-9-25(10-12-26)8-2-5-18-22-20(23-28-18)17-4-3-13-29-17/h3-4,13-15H,2,5-12H2,1H3. The van der Waals surface area contributed by atoms with Crippen molar-refractivity contribution in [1.82, 2.24) is 29.7 Å². The molecule has 4 heterocycles. The molecule has 0 bridgehead atoms. The molecule has 1 saturated heterocycles. The summed E-state index contributed by atoms with van der Waals surface area (Å²) in [6.07, 6.45) is 6.86. The quantitative estimate of drug-likeness (QED) is 0.562. The predicted octanol–water partition coefficient (Wildman–Crippen LogP) is 2.24. The zero-order chi connectivity index (χ0) is 20.1. The summed E-state index contributed by atoms with van der Waals surface area (Å²) in [5, 5.41) is 10.2. The van der Waals surface area contributed by atoms with Gasteiger partial charge >= 0.3 is 0 Å². The monoisotopic (exact) mass is 414 g/mol. The Morgan fingerprint density at radius 2 is 2.10 bits per heavy atom. The number of hydrogen-bond acceptors (Lipinski definition) is 7. The summed E-state index contributed by atoms with van der Waals surface area (Å²) in [7, 11) is 1.89. The highest BCUT2D eigenvalue weighted by molar-refractivity contribution is 7.13. The minimum absolute atomic E-state index is 0.237. The van der Waals surface area contributed by atoms with E-state index in [2.05, 4.69) is 20.1 Å². The van der Waals surface area contributed by atoms with E-state index in [1.807, 2.05) is 41.9 Å². The van der Waals surface area contributed by atoms with E-state index in [4.69, 9.17) is 4.52 Å². The molecule has 1 aliphatic rings. The topological polar surface area (TPSA) is 80.3 Å². The van der Waals surface area contributed by atoms with Gasteiger partial charge in [-0.2, -0.15) is 10.1 Å². The number of nitrogens with zero attached hydrogens (tertiary/aromatic N) is 6. The molecule has 3 aromatic heterocycles. The number of thiophene rings is 1. The van der Waals surface area contributed by atoms with Crippen LogP contribution in [0.2, 0.25) is 0 Å². The van der Waals surface area contributed by atoms with Crippen molar-refractivity contribution in [2.75, 3.05) is 32.7 Å². The second-order valence-electron chi connectivity index (χ2n) is 7.34. The highest BCUT2D eigenvalue weighted by Gasteiger charge is 2.21. The highest BCUT2D eigenvalue weighted by Crippen LogP contribution is 2.21. The van der Waals surface area contributed by atoms with Crippen molar-refractivity contribution in [2.24, 2.45) is 7.05 Å². The number of carbonyl (C=O) groups excluding carboxylic acids is 1. The van der Waals surface area contributed by atoms with E-state index < -0.39 is 0 Å². The summed E-state index contributed by atoms with van der Waals surface area (Å²) in [4.78, 5) is 22.3. The van der Waals surface area contributed by atoms with Gasteiger partial charge in [0, 0.05) is 52.3 Å². The van der Waals surface area contributed by atoms with E-state index in [1.165, 1.54) is 0 Å². The zero-order valence-corrected chi connectivity index (χ0v) is 17.5. The first-order valence-electron chi connectivity index (χ1n) is 10.0. The van der Waals surface area contributed by atoms with Crippen LogP contribution in [-0.4, -0.2) is 68.4 Å². The van der Waals surface area contributed by atoms with E-state index in [0.29, 0.717) is 18.1 Å². The van der Waals surface area contributed by atoms with E-state index in [1.54, 1.807) is 16.0 Å². The smallest absolute Gasteiger partial charge is 0.227 e. The summed E-state index contributed by atoms with van der Waals surface area (Å²) in [6.45, 7) is 4.42. The lowest BCUT2D eigenvalue weighted by Gasteiger charge is -2.34. The van der Waals surface area contributed by atoms with E-state index in [-0.39, 0.29) is 5.91 Å². The van der Waals surface area contributed by atoms with Crippen LogP contribution in [0.15, 0.2) is 34.4 Å². The van der Waals surface area contributed by atoms with Crippen LogP contribution in [0, 0.1) is 0 Å². The van der Waals surface area contributed by atoms with Gasteiger partial charge in [-0.15, -0.1) is 11.3 Å². The SMILES string of the molecule is Cn1cc(CCC(=O)N2CCN(CCCc3nc(-c4cccs4)no3)CC2)cn1. The van der Waals surface area contributed by atoms with E-state index in [0.717, 1.165) is 62.4 Å². The average molecular weight is 415 g/mol. The lowest BCUT2D eigenvalue weighted by molar-refractivity contribution is -0.132. The largest absolute Gasteiger partial charge is 0.340 e. The van der Waals surface area contributed by atoms with Crippen LogP contribution < -0.4 is 0 Å². The molecule has 154 valence electrons. The van der Waals surface area contributed by atoms with Gasteiger partial charge in [0.1, 0.15) is 0 Å². The first-order valence-corrected chi connectivity index (χ1v) is 10.9. The molecule has 0 radical (unpaired) electrons. The van der Waals surface area contributed by atoms with Crippen molar-refractivity contribution in [2.45, 2.75) is 25.7 Å². The Morgan fingerprint density at radius 3 is 2.83 bits per heavy atom. The number of hydrogen-bond donors (Lipinski definition) is 0. The molecule has 29 heavy (non-hydrogen) atoms. The molecular weight excluding hydrogens is 388 g/mol. The van der Waals surface area contributed by atoms with Gasteiger partial charge in [-0.05, 0) is 36.4 Å². The van der Waals surface area contributed by atoms with E-state index in [9.17, 15) is 4.79 Å². The van der Waals surface area contributed by atoms with Gasteiger partial charge in [-0.3, -0.25) is 14.4 Å². The summed E-state index contributed by atoms with van der Waals surface area (Å²) in [5.41, 5.74) is 1.11. The molecule has 0 unspecified atom stereocenters. The van der Waals surface area contributed by atoms with Crippen LogP contribution in [0.25, 0.3) is 10.7 Å². The van der Waals surface area contributed by atoms with Crippen molar-refractivity contribution in [1.29, 1.82) is 0 Å². The second-order valence-corrected chi connectivity index (χ2v) is 8.28. The van der Waals surface area contributed by atoms with Gasteiger partial charge in [0.2, 0.25) is 17.6 Å². The average Bonchev–Trinajstić information content (AvgIpc) is 3.48. The molecule has 1 aliphatic heterocycles. The number of carbonyl (C=O) groups is 1. The van der Waals surface area contributed by atoms with Gasteiger partial charge in [0.15, 0.2) is 0 Å². The first kappa shape index (κ1) is 19.8. The molecule has 0 aliphatic carbocycles. The van der Waals surface area contributed by atoms with Gasteiger partial charge < -0.3 is 9.42 Å². The van der Waals surface area contributed by atoms with Crippen LogP contribution in [-0.2, 0) is 24.7 Å². The minimum Gasteiger partial charge on any atom is -0.340 e. The fraction of sp³-hybridized carbons (Fsp3) is 0.500. The minimum atomic E-state index is 0.237. The maximum Gasteiger partial charge on any atom is 0.227 e. The molecule has 0 atom stereocenters. The lowest BCUT2D eigenvalue weighted by atomic mass is 10.1. The molecule has 9 heteroatoms. The zero-order valence-electron chi connectivity index (χ0n) is 16.7. The third kappa shape index (κ3) is 5.30. The molecule has 0 aromatic carbocycles. The number of rotatable bonds is 8. The van der Waals surface area contributed by atoms with Crippen molar-refractivity contribution in [3.63, 3.8) is 0 Å². The van der Waals surface area contributed by atoms with Gasteiger partial charge in [0.05, 0.1) is 11.1 Å². The molecular formula is C20H26N6O2S. The van der Waals surface area contributed by atoms with Crippen LogP contribution in [0.5, 0.6) is 0 Å². The van der Waals surface area contributed by atoms with Gasteiger partial charge in [-0.25, -0.2) is 0 Å². The van der Waals surface area contributed by atoms with Gasteiger partial charge in [0.25, 0.3) is 0 Å². The lowest BCUT2D eigenvalue weighted by Crippen LogP contribution is -2.48. The van der Waals surface area contributed by atoms with Crippen LogP contribution in [0.1, 0.15) is 24.3 Å². The molecule has 0 saturated carbocycles. The number of piperazine rings is 1. The van der Waals surface area contributed by atoms with Crippen LogP contribution in [0.3, 0.4) is 0 Å². The van der Waals surface area contributed by atoms with Crippen LogP contribution in [0.4, 0.5) is 0 Å². The highest BCUT2D eigenvalue weighted by atomic mass is 32.1.